The lowest BCUT2D eigenvalue weighted by atomic mass is 10.0. The smallest absolute Gasteiger partial charge is 0.416 e. The largest absolute Gasteiger partial charge is 0.465 e. The number of methoxy groups -OCH3 is 1. The fraction of sp³-hybridized carbons (Fsp3) is 0.182. The molecule has 8 heteroatoms. The van der Waals surface area contributed by atoms with Gasteiger partial charge in [-0.3, -0.25) is 10.1 Å². The highest BCUT2D eigenvalue weighted by atomic mass is 19.4. The van der Waals surface area contributed by atoms with Crippen LogP contribution in [0.3, 0.4) is 0 Å². The third-order valence-corrected chi connectivity index (χ3v) is 2.28. The summed E-state index contributed by atoms with van der Waals surface area (Å²) in [7, 11) is 1.03. The van der Waals surface area contributed by atoms with Crippen molar-refractivity contribution in [1.82, 2.24) is 0 Å². The Morgan fingerprint density at radius 3 is 2.42 bits per heavy atom. The van der Waals surface area contributed by atoms with Gasteiger partial charge in [0.1, 0.15) is 0 Å². The van der Waals surface area contributed by atoms with Gasteiger partial charge in [0.05, 0.1) is 28.7 Å². The molecule has 1 aromatic rings. The van der Waals surface area contributed by atoms with Crippen LogP contribution in [-0.2, 0) is 15.7 Å². The van der Waals surface area contributed by atoms with E-state index in [-0.39, 0.29) is 11.1 Å². The summed E-state index contributed by atoms with van der Waals surface area (Å²) in [4.78, 5) is 20.9. The molecule has 0 saturated carbocycles. The van der Waals surface area contributed by atoms with Gasteiger partial charge in [0.25, 0.3) is 5.69 Å². The molecule has 0 radical (unpaired) electrons. The molecule has 0 aliphatic rings. The molecule has 0 aliphatic heterocycles. The average Bonchev–Trinajstić information content (AvgIpc) is 2.35. The number of benzene rings is 1. The minimum absolute atomic E-state index is 0.315. The van der Waals surface area contributed by atoms with E-state index >= 15 is 0 Å². The first-order chi connectivity index (χ1) is 8.68. The van der Waals surface area contributed by atoms with Crippen molar-refractivity contribution >= 4 is 17.2 Å². The fourth-order valence-electron chi connectivity index (χ4n) is 1.35. The van der Waals surface area contributed by atoms with Gasteiger partial charge in [-0.1, -0.05) is 6.58 Å². The van der Waals surface area contributed by atoms with Gasteiger partial charge in [0.2, 0.25) is 0 Å². The maximum absolute atomic E-state index is 12.5. The number of alkyl halides is 3. The molecule has 0 amide bonds. The summed E-state index contributed by atoms with van der Waals surface area (Å²) in [6.45, 7) is 3.27. The zero-order chi connectivity index (χ0) is 14.8. The number of carbonyl (C=O) groups is 1. The van der Waals surface area contributed by atoms with Crippen LogP contribution in [0.5, 0.6) is 0 Å². The number of nitrogens with zero attached hydrogens (tertiary/aromatic N) is 1. The summed E-state index contributed by atoms with van der Waals surface area (Å²) in [5, 5.41) is 10.8. The second kappa shape index (κ2) is 5.09. The van der Waals surface area contributed by atoms with E-state index in [2.05, 4.69) is 11.3 Å². The second-order valence-electron chi connectivity index (χ2n) is 3.46. The van der Waals surface area contributed by atoms with Crippen LogP contribution in [-0.4, -0.2) is 18.0 Å². The Bertz CT molecular complexity index is 551. The molecular formula is C11H8F3NO4. The van der Waals surface area contributed by atoms with Crippen LogP contribution >= 0.6 is 0 Å². The third-order valence-electron chi connectivity index (χ3n) is 2.28. The minimum Gasteiger partial charge on any atom is -0.465 e. The van der Waals surface area contributed by atoms with Crippen LogP contribution in [0.2, 0.25) is 0 Å². The van der Waals surface area contributed by atoms with E-state index in [0.717, 1.165) is 13.2 Å². The van der Waals surface area contributed by atoms with Gasteiger partial charge in [-0.25, -0.2) is 4.79 Å². The van der Waals surface area contributed by atoms with E-state index in [1.807, 2.05) is 0 Å². The third kappa shape index (κ3) is 3.09. The van der Waals surface area contributed by atoms with E-state index in [0.29, 0.717) is 12.1 Å². The second-order valence-corrected chi connectivity index (χ2v) is 3.46. The van der Waals surface area contributed by atoms with E-state index in [9.17, 15) is 28.1 Å². The quantitative estimate of drug-likeness (QED) is 0.368. The Morgan fingerprint density at radius 1 is 1.42 bits per heavy atom. The number of hydrogen-bond donors (Lipinski definition) is 0. The molecule has 0 atom stereocenters. The Morgan fingerprint density at radius 2 is 2.00 bits per heavy atom. The van der Waals surface area contributed by atoms with Gasteiger partial charge in [0.15, 0.2) is 0 Å². The Hall–Kier alpha value is -2.38. The van der Waals surface area contributed by atoms with Gasteiger partial charge in [-0.15, -0.1) is 0 Å². The zero-order valence-electron chi connectivity index (χ0n) is 9.65. The number of ether oxygens (including phenoxy) is 1. The molecule has 0 unspecified atom stereocenters. The van der Waals surface area contributed by atoms with Crippen molar-refractivity contribution in [2.24, 2.45) is 0 Å². The molecule has 0 aliphatic carbocycles. The summed E-state index contributed by atoms with van der Waals surface area (Å²) in [6, 6.07) is 1.81. The van der Waals surface area contributed by atoms with Crippen molar-refractivity contribution in [3.63, 3.8) is 0 Å². The number of esters is 1. The number of carbonyl (C=O) groups excluding carboxylic acids is 1. The summed E-state index contributed by atoms with van der Waals surface area (Å²) in [6.07, 6.45) is -4.71. The zero-order valence-corrected chi connectivity index (χ0v) is 9.65. The lowest BCUT2D eigenvalue weighted by molar-refractivity contribution is -0.385. The Kier molecular flexibility index (Phi) is 3.93. The van der Waals surface area contributed by atoms with Gasteiger partial charge in [-0.2, -0.15) is 13.2 Å². The predicted molar refractivity (Wildman–Crippen MR) is 59.1 cm³/mol. The predicted octanol–water partition coefficient (Wildman–Crippen LogP) is 2.80. The van der Waals surface area contributed by atoms with Gasteiger partial charge in [-0.05, 0) is 12.1 Å². The Labute approximate surface area is 105 Å². The molecule has 0 N–H and O–H groups in total. The van der Waals surface area contributed by atoms with E-state index < -0.39 is 28.3 Å². The Balaban J connectivity index is 3.39. The van der Waals surface area contributed by atoms with Crippen molar-refractivity contribution in [3.8, 4) is 0 Å². The number of nitro benzene ring substituents is 1. The van der Waals surface area contributed by atoms with E-state index in [1.165, 1.54) is 0 Å². The van der Waals surface area contributed by atoms with Crippen molar-refractivity contribution in [1.29, 1.82) is 0 Å². The standard InChI is InChI=1S/C11H8F3NO4/c1-6(10(16)19-2)8-4-3-7(11(12,13)14)5-9(8)15(17)18/h3-5H,1H2,2H3. The summed E-state index contributed by atoms with van der Waals surface area (Å²) >= 11 is 0. The maximum Gasteiger partial charge on any atom is 0.416 e. The van der Waals surface area contributed by atoms with E-state index in [4.69, 9.17) is 0 Å². The van der Waals surface area contributed by atoms with Crippen LogP contribution in [0.4, 0.5) is 18.9 Å². The first kappa shape index (κ1) is 14.7. The van der Waals surface area contributed by atoms with Gasteiger partial charge in [0, 0.05) is 6.07 Å². The molecule has 0 aromatic heterocycles. The number of nitro groups is 1. The van der Waals surface area contributed by atoms with Crippen LogP contribution in [0.1, 0.15) is 11.1 Å². The van der Waals surface area contributed by atoms with Crippen molar-refractivity contribution in [2.75, 3.05) is 7.11 Å². The van der Waals surface area contributed by atoms with Gasteiger partial charge >= 0.3 is 12.1 Å². The van der Waals surface area contributed by atoms with Crippen LogP contribution in [0.25, 0.3) is 5.57 Å². The molecule has 19 heavy (non-hydrogen) atoms. The molecule has 1 rings (SSSR count). The highest BCUT2D eigenvalue weighted by Crippen LogP contribution is 2.35. The first-order valence-electron chi connectivity index (χ1n) is 4.81. The molecule has 0 heterocycles. The minimum atomic E-state index is -4.71. The molecule has 0 bridgehead atoms. The monoisotopic (exact) mass is 275 g/mol. The average molecular weight is 275 g/mol. The van der Waals surface area contributed by atoms with Crippen LogP contribution in [0, 0.1) is 10.1 Å². The molecule has 1 aromatic carbocycles. The normalized spacial score (nSPS) is 10.9. The summed E-state index contributed by atoms with van der Waals surface area (Å²) < 4.78 is 41.7. The van der Waals surface area contributed by atoms with E-state index in [1.54, 1.807) is 0 Å². The lowest BCUT2D eigenvalue weighted by Crippen LogP contribution is -2.09. The highest BCUT2D eigenvalue weighted by molar-refractivity contribution is 6.16. The first-order valence-corrected chi connectivity index (χ1v) is 4.81. The SMILES string of the molecule is C=C(C(=O)OC)c1ccc(C(F)(F)F)cc1[N+](=O)[O-]. The molecular weight excluding hydrogens is 267 g/mol. The number of halogens is 3. The van der Waals surface area contributed by atoms with Crippen LogP contribution in [0.15, 0.2) is 24.8 Å². The topological polar surface area (TPSA) is 69.4 Å². The molecule has 102 valence electrons. The molecule has 0 fully saturated rings. The fourth-order valence-corrected chi connectivity index (χ4v) is 1.35. The number of hydrogen-bond acceptors (Lipinski definition) is 4. The molecule has 5 nitrogen and oxygen atoms in total. The lowest BCUT2D eigenvalue weighted by Gasteiger charge is -2.09. The van der Waals surface area contributed by atoms with Crippen LogP contribution < -0.4 is 0 Å². The molecule has 0 spiro atoms. The number of rotatable bonds is 3. The summed E-state index contributed by atoms with van der Waals surface area (Å²) in [5.41, 5.74) is -2.74. The van der Waals surface area contributed by atoms with Crippen molar-refractivity contribution < 1.29 is 27.6 Å². The molecule has 0 saturated heterocycles. The maximum atomic E-state index is 12.5. The van der Waals surface area contributed by atoms with Crippen molar-refractivity contribution in [2.45, 2.75) is 6.18 Å². The van der Waals surface area contributed by atoms with Gasteiger partial charge < -0.3 is 4.74 Å². The highest BCUT2D eigenvalue weighted by Gasteiger charge is 2.33. The summed E-state index contributed by atoms with van der Waals surface area (Å²) in [5.74, 6) is -0.956. The van der Waals surface area contributed by atoms with Crippen molar-refractivity contribution in [3.05, 3.63) is 46.0 Å².